The Morgan fingerprint density at radius 3 is 1.80 bits per heavy atom. The van der Waals surface area contributed by atoms with E-state index in [1.807, 2.05) is 107 Å². The Kier molecular flexibility index (Phi) is 12.9. The monoisotopic (exact) mass is 698 g/mol. The van der Waals surface area contributed by atoms with Gasteiger partial charge in [-0.2, -0.15) is 0 Å². The second kappa shape index (κ2) is 17.9. The Balaban J connectivity index is 0.000000191. The normalized spacial score (nSPS) is 10.8. The fraction of sp³-hybridized carbons (Fsp3) is 0.257. The number of thioether (sulfide) groups is 2. The van der Waals surface area contributed by atoms with Gasteiger partial charge in [-0.25, -0.2) is 29.5 Å². The number of amides is 2. The average Bonchev–Trinajstić information content (AvgIpc) is 3.82. The zero-order valence-corrected chi connectivity index (χ0v) is 29.2. The number of carbonyl (C=O) groups is 2. The average molecular weight is 699 g/mol. The maximum Gasteiger partial charge on any atom is 0.409 e. The molecule has 4 heterocycles. The van der Waals surface area contributed by atoms with Gasteiger partial charge in [-0.05, 0) is 23.6 Å². The number of ether oxygens (including phenoxy) is 2. The molecule has 6 aromatic rings. The maximum absolute atomic E-state index is 12.1. The first-order chi connectivity index (χ1) is 23.9. The van der Waals surface area contributed by atoms with Crippen molar-refractivity contribution >= 4 is 47.0 Å². The molecule has 0 aliphatic heterocycles. The summed E-state index contributed by atoms with van der Waals surface area (Å²) in [6.07, 6.45) is 15.6. The lowest BCUT2D eigenvalue weighted by Gasteiger charge is -2.17. The van der Waals surface area contributed by atoms with Gasteiger partial charge >= 0.3 is 12.2 Å². The Morgan fingerprint density at radius 2 is 1.27 bits per heavy atom. The Bertz CT molecular complexity index is 1950. The van der Waals surface area contributed by atoms with Crippen LogP contribution in [-0.2, 0) is 35.5 Å². The summed E-state index contributed by atoms with van der Waals surface area (Å²) >= 11 is 3.12. The minimum Gasteiger partial charge on any atom is -0.445 e. The standard InChI is InChI=1S/C18H20N4O2S.C17H18N4O2S/c1-21(18(23)24-13-14-6-4-3-5-7-14)10-8-15-12-22-11-9-19-16(22)17(20-15)25-2;1-24-16-15-18-9-10-21(15)11-14(20-16)7-8-19-17(22)23-12-13-5-3-2-4-6-13/h3-7,9,11-12H,8,10,13H2,1-2H3;2-6,9-11H,7-8,12H2,1H3,(H,19,22). The van der Waals surface area contributed by atoms with Crippen LogP contribution in [0.5, 0.6) is 0 Å². The molecule has 0 atom stereocenters. The molecule has 49 heavy (non-hydrogen) atoms. The van der Waals surface area contributed by atoms with Crippen molar-refractivity contribution < 1.29 is 19.1 Å². The van der Waals surface area contributed by atoms with Gasteiger partial charge in [0.2, 0.25) is 0 Å². The molecule has 4 aromatic heterocycles. The first-order valence-corrected chi connectivity index (χ1v) is 18.0. The molecule has 6 rings (SSSR count). The molecule has 0 bridgehead atoms. The number of imidazole rings is 2. The highest BCUT2D eigenvalue weighted by atomic mass is 32.2. The van der Waals surface area contributed by atoms with Gasteiger partial charge in [-0.1, -0.05) is 60.7 Å². The van der Waals surface area contributed by atoms with E-state index in [-0.39, 0.29) is 19.3 Å². The number of hydrogen-bond acceptors (Lipinski definition) is 10. The molecule has 14 heteroatoms. The van der Waals surface area contributed by atoms with Crippen LogP contribution < -0.4 is 5.32 Å². The number of fused-ring (bicyclic) bond motifs is 2. The van der Waals surface area contributed by atoms with E-state index in [4.69, 9.17) is 9.47 Å². The van der Waals surface area contributed by atoms with Crippen LogP contribution in [0.3, 0.4) is 0 Å². The lowest BCUT2D eigenvalue weighted by Crippen LogP contribution is -2.29. The summed E-state index contributed by atoms with van der Waals surface area (Å²) in [5.41, 5.74) is 5.45. The Labute approximate surface area is 293 Å². The number of alkyl carbamates (subject to hydrolysis) is 1. The maximum atomic E-state index is 12.1. The molecule has 1 N–H and O–H groups in total. The molecule has 12 nitrogen and oxygen atoms in total. The van der Waals surface area contributed by atoms with Crippen molar-refractivity contribution in [1.82, 2.24) is 39.0 Å². The Hall–Kier alpha value is -5.08. The van der Waals surface area contributed by atoms with Crippen LogP contribution in [-0.4, -0.2) is 78.5 Å². The van der Waals surface area contributed by atoms with Gasteiger partial charge in [-0.3, -0.25) is 0 Å². The summed E-state index contributed by atoms with van der Waals surface area (Å²) in [6.45, 7) is 1.55. The predicted molar refractivity (Wildman–Crippen MR) is 191 cm³/mol. The highest BCUT2D eigenvalue weighted by molar-refractivity contribution is 7.98. The summed E-state index contributed by atoms with van der Waals surface area (Å²) in [6, 6.07) is 19.2. The molecule has 254 valence electrons. The van der Waals surface area contributed by atoms with Crippen LogP contribution >= 0.6 is 23.5 Å². The third kappa shape index (κ3) is 10.2. The zero-order valence-electron chi connectivity index (χ0n) is 27.6. The van der Waals surface area contributed by atoms with Crippen molar-refractivity contribution in [2.24, 2.45) is 0 Å². The minimum absolute atomic E-state index is 0.266. The highest BCUT2D eigenvalue weighted by Crippen LogP contribution is 2.19. The van der Waals surface area contributed by atoms with Gasteiger partial charge in [0.05, 0.1) is 11.4 Å². The number of nitrogens with one attached hydrogen (secondary N) is 1. The van der Waals surface area contributed by atoms with Crippen molar-refractivity contribution in [1.29, 1.82) is 0 Å². The van der Waals surface area contributed by atoms with Gasteiger partial charge in [0, 0.05) is 70.2 Å². The number of hydrogen-bond donors (Lipinski definition) is 1. The van der Waals surface area contributed by atoms with Crippen molar-refractivity contribution in [2.75, 3.05) is 32.6 Å². The minimum atomic E-state index is -0.423. The fourth-order valence-corrected chi connectivity index (χ4v) is 5.79. The van der Waals surface area contributed by atoms with E-state index in [0.717, 1.165) is 43.9 Å². The molecule has 0 unspecified atom stereocenters. The topological polar surface area (TPSA) is 128 Å². The van der Waals surface area contributed by atoms with Gasteiger partial charge in [0.15, 0.2) is 11.3 Å². The lowest BCUT2D eigenvalue weighted by atomic mass is 10.2. The SMILES string of the molecule is CSc1nc(CCN(C)C(=O)OCc2ccccc2)cn2ccnc12.CSc1nc(CCNC(=O)OCc2ccccc2)cn2ccnc12. The fourth-order valence-electron chi connectivity index (χ4n) is 4.69. The molecular weight excluding hydrogens is 661 g/mol. The van der Waals surface area contributed by atoms with Crippen LogP contribution in [0.25, 0.3) is 11.3 Å². The van der Waals surface area contributed by atoms with E-state index in [0.29, 0.717) is 25.9 Å². The summed E-state index contributed by atoms with van der Waals surface area (Å²) in [5.74, 6) is 0. The molecule has 2 amide bonds. The van der Waals surface area contributed by atoms with Gasteiger partial charge in [0.25, 0.3) is 0 Å². The van der Waals surface area contributed by atoms with Crippen molar-refractivity contribution in [3.05, 3.63) is 120 Å². The molecule has 0 aliphatic carbocycles. The number of nitrogens with zero attached hydrogens (tertiary/aromatic N) is 7. The third-order valence-electron chi connectivity index (χ3n) is 7.26. The van der Waals surface area contributed by atoms with Gasteiger partial charge < -0.3 is 28.5 Å². The molecule has 0 saturated carbocycles. The van der Waals surface area contributed by atoms with Crippen molar-refractivity contribution in [2.45, 2.75) is 36.1 Å². The molecule has 2 aromatic carbocycles. The van der Waals surface area contributed by atoms with E-state index in [1.165, 1.54) is 0 Å². The highest BCUT2D eigenvalue weighted by Gasteiger charge is 2.13. The van der Waals surface area contributed by atoms with Crippen LogP contribution in [0.15, 0.2) is 108 Å². The summed E-state index contributed by atoms with van der Waals surface area (Å²) in [4.78, 5) is 43.2. The number of benzene rings is 2. The van der Waals surface area contributed by atoms with Crippen molar-refractivity contribution in [3.63, 3.8) is 0 Å². The van der Waals surface area contributed by atoms with Crippen molar-refractivity contribution in [3.8, 4) is 0 Å². The predicted octanol–water partition coefficient (Wildman–Crippen LogP) is 6.18. The van der Waals surface area contributed by atoms with E-state index in [2.05, 4.69) is 25.3 Å². The largest absolute Gasteiger partial charge is 0.445 e. The van der Waals surface area contributed by atoms with Crippen LogP contribution in [0.2, 0.25) is 0 Å². The molecule has 0 radical (unpaired) electrons. The third-order valence-corrected chi connectivity index (χ3v) is 8.58. The Morgan fingerprint density at radius 1 is 0.755 bits per heavy atom. The second-order valence-electron chi connectivity index (χ2n) is 10.7. The quantitative estimate of drug-likeness (QED) is 0.148. The second-order valence-corrected chi connectivity index (χ2v) is 12.3. The van der Waals surface area contributed by atoms with E-state index < -0.39 is 6.09 Å². The summed E-state index contributed by atoms with van der Waals surface area (Å²) < 4.78 is 14.4. The first kappa shape index (κ1) is 35.2. The van der Waals surface area contributed by atoms with Gasteiger partial charge in [0.1, 0.15) is 23.3 Å². The van der Waals surface area contributed by atoms with Crippen LogP contribution in [0, 0.1) is 0 Å². The number of carbonyl (C=O) groups excluding carboxylic acids is 2. The van der Waals surface area contributed by atoms with Gasteiger partial charge in [-0.15, -0.1) is 23.5 Å². The van der Waals surface area contributed by atoms with E-state index in [9.17, 15) is 9.59 Å². The molecule has 0 aliphatic rings. The smallest absolute Gasteiger partial charge is 0.409 e. The molecule has 0 fully saturated rings. The number of likely N-dealkylation sites (N-methyl/N-ethyl adjacent to an activating group) is 1. The summed E-state index contributed by atoms with van der Waals surface area (Å²) in [5, 5.41) is 4.51. The zero-order chi connectivity index (χ0) is 34.4. The first-order valence-electron chi connectivity index (χ1n) is 15.5. The molecule has 0 saturated heterocycles. The van der Waals surface area contributed by atoms with Crippen LogP contribution in [0.1, 0.15) is 22.5 Å². The number of aromatic nitrogens is 6. The molecular formula is C35H38N8O4S2. The van der Waals surface area contributed by atoms with E-state index >= 15 is 0 Å². The molecule has 0 spiro atoms. The lowest BCUT2D eigenvalue weighted by molar-refractivity contribution is 0.105. The number of rotatable bonds is 12. The van der Waals surface area contributed by atoms with E-state index in [1.54, 1.807) is 47.9 Å². The van der Waals surface area contributed by atoms with Crippen LogP contribution in [0.4, 0.5) is 9.59 Å². The summed E-state index contributed by atoms with van der Waals surface area (Å²) in [7, 11) is 1.73.